The molecule has 0 bridgehead atoms. The molecular formula is C7H3Cl2F7O4. The highest BCUT2D eigenvalue weighted by Gasteiger charge is 2.85. The second-order valence-corrected chi connectivity index (χ2v) is 4.39. The zero-order valence-corrected chi connectivity index (χ0v) is 10.5. The molecule has 20 heavy (non-hydrogen) atoms. The highest BCUT2D eigenvalue weighted by atomic mass is 35.5. The van der Waals surface area contributed by atoms with Crippen molar-refractivity contribution in [2.75, 3.05) is 7.11 Å². The molecule has 0 N–H and O–H groups in total. The number of methoxy groups -OCH3 is 1. The molecule has 0 amide bonds. The third-order valence-electron chi connectivity index (χ3n) is 2.07. The van der Waals surface area contributed by atoms with Crippen LogP contribution < -0.4 is 0 Å². The molecule has 0 aliphatic carbocycles. The maximum absolute atomic E-state index is 13.5. The molecule has 1 aliphatic heterocycles. The van der Waals surface area contributed by atoms with Crippen LogP contribution in [0.5, 0.6) is 0 Å². The summed E-state index contributed by atoms with van der Waals surface area (Å²) >= 11 is 8.92. The highest BCUT2D eigenvalue weighted by Crippen LogP contribution is 2.59. The molecule has 0 saturated carbocycles. The molecule has 0 aromatic rings. The Labute approximate surface area is 115 Å². The first-order valence-electron chi connectivity index (χ1n) is 4.33. The summed E-state index contributed by atoms with van der Waals surface area (Å²) in [6.45, 7) is 0. The van der Waals surface area contributed by atoms with Crippen molar-refractivity contribution < 1.29 is 49.7 Å². The van der Waals surface area contributed by atoms with E-state index >= 15 is 0 Å². The fraction of sp³-hybridized carbons (Fsp3) is 0.857. The number of carbonyl (C=O) groups excluding carboxylic acids is 1. The third-order valence-corrected chi connectivity index (χ3v) is 2.81. The molecular weight excluding hydrogens is 352 g/mol. The van der Waals surface area contributed by atoms with E-state index in [1.807, 2.05) is 0 Å². The van der Waals surface area contributed by atoms with Crippen LogP contribution in [-0.2, 0) is 19.0 Å². The number of hydrogen-bond acceptors (Lipinski definition) is 4. The van der Waals surface area contributed by atoms with Gasteiger partial charge in [-0.25, -0.2) is 4.79 Å². The van der Waals surface area contributed by atoms with Gasteiger partial charge >= 0.3 is 34.5 Å². The maximum Gasteiger partial charge on any atom is 0.413 e. The highest BCUT2D eigenvalue weighted by molar-refractivity contribution is 6.32. The molecule has 0 aromatic carbocycles. The Bertz CT molecular complexity index is 411. The van der Waals surface area contributed by atoms with Gasteiger partial charge in [-0.15, -0.1) is 0 Å². The van der Waals surface area contributed by atoms with Gasteiger partial charge in [0, 0.05) is 0 Å². The predicted molar refractivity (Wildman–Crippen MR) is 47.3 cm³/mol. The quantitative estimate of drug-likeness (QED) is 0.444. The van der Waals surface area contributed by atoms with Gasteiger partial charge in [-0.3, -0.25) is 9.47 Å². The van der Waals surface area contributed by atoms with Crippen molar-refractivity contribution in [2.45, 2.75) is 28.5 Å². The second-order valence-electron chi connectivity index (χ2n) is 3.41. The Balaban J connectivity index is 3.26. The molecule has 2 atom stereocenters. The van der Waals surface area contributed by atoms with Crippen LogP contribution in [-0.4, -0.2) is 41.6 Å². The average Bonchev–Trinajstić information content (AvgIpc) is 2.42. The van der Waals surface area contributed by atoms with Gasteiger partial charge in [-0.05, 0) is 23.2 Å². The molecule has 2 unspecified atom stereocenters. The van der Waals surface area contributed by atoms with E-state index < -0.39 is 34.5 Å². The lowest BCUT2D eigenvalue weighted by Crippen LogP contribution is -2.61. The largest absolute Gasteiger partial charge is 0.464 e. The topological polar surface area (TPSA) is 44.8 Å². The second kappa shape index (κ2) is 4.49. The van der Waals surface area contributed by atoms with Crippen LogP contribution in [0.15, 0.2) is 0 Å². The summed E-state index contributed by atoms with van der Waals surface area (Å²) < 4.78 is 102. The summed E-state index contributed by atoms with van der Waals surface area (Å²) in [5, 5.41) is -9.11. The van der Waals surface area contributed by atoms with E-state index in [2.05, 4.69) is 37.4 Å². The van der Waals surface area contributed by atoms with E-state index in [1.165, 1.54) is 0 Å². The Kier molecular flexibility index (Phi) is 3.93. The van der Waals surface area contributed by atoms with Crippen molar-refractivity contribution in [3.63, 3.8) is 0 Å². The van der Waals surface area contributed by atoms with Gasteiger partial charge in [0.2, 0.25) is 0 Å². The van der Waals surface area contributed by atoms with Gasteiger partial charge < -0.3 is 4.74 Å². The molecule has 1 aliphatic rings. The van der Waals surface area contributed by atoms with Crippen LogP contribution in [0.4, 0.5) is 30.7 Å². The van der Waals surface area contributed by atoms with E-state index in [0.717, 1.165) is 0 Å². The molecule has 0 radical (unpaired) electrons. The van der Waals surface area contributed by atoms with Crippen molar-refractivity contribution in [3.8, 4) is 0 Å². The van der Waals surface area contributed by atoms with Crippen molar-refractivity contribution in [3.05, 3.63) is 0 Å². The Morgan fingerprint density at radius 1 is 1.05 bits per heavy atom. The van der Waals surface area contributed by atoms with Crippen molar-refractivity contribution in [1.29, 1.82) is 0 Å². The van der Waals surface area contributed by atoms with Gasteiger partial charge in [0.15, 0.2) is 0 Å². The molecule has 1 rings (SSSR count). The standard InChI is InChI=1S/C7H3Cl2F7O4/c1-18-2(17)3(10,11)4(12,13)7(16)19-5(8,14)6(9,15)20-7/h1H3. The first-order chi connectivity index (χ1) is 8.65. The minimum Gasteiger partial charge on any atom is -0.464 e. The number of ether oxygens (including phenoxy) is 3. The minimum atomic E-state index is -6.22. The first-order valence-corrected chi connectivity index (χ1v) is 5.09. The summed E-state index contributed by atoms with van der Waals surface area (Å²) in [4.78, 5) is 10.5. The number of alkyl halides is 9. The lowest BCUT2D eigenvalue weighted by Gasteiger charge is -2.31. The molecule has 118 valence electrons. The summed E-state index contributed by atoms with van der Waals surface area (Å²) in [6.07, 6.45) is 0. The number of hydrogen-bond donors (Lipinski definition) is 0. The Morgan fingerprint density at radius 3 is 1.70 bits per heavy atom. The number of esters is 1. The fourth-order valence-corrected chi connectivity index (χ4v) is 1.32. The molecule has 1 fully saturated rings. The number of halogens is 9. The minimum absolute atomic E-state index is 0.273. The SMILES string of the molecule is COC(=O)C(F)(F)C(F)(F)C1(F)OC(F)(Cl)C(F)(Cl)O1. The third kappa shape index (κ3) is 2.20. The molecule has 4 nitrogen and oxygen atoms in total. The van der Waals surface area contributed by atoms with Crippen LogP contribution in [0.3, 0.4) is 0 Å². The number of carbonyl (C=O) groups is 1. The van der Waals surface area contributed by atoms with Crippen molar-refractivity contribution in [2.24, 2.45) is 0 Å². The van der Waals surface area contributed by atoms with Gasteiger partial charge in [0.25, 0.3) is 0 Å². The van der Waals surface area contributed by atoms with Crippen molar-refractivity contribution >= 4 is 29.2 Å². The van der Waals surface area contributed by atoms with Crippen LogP contribution in [0.1, 0.15) is 0 Å². The Hall–Kier alpha value is -0.520. The van der Waals surface area contributed by atoms with Gasteiger partial charge in [0.05, 0.1) is 7.11 Å². The summed E-state index contributed by atoms with van der Waals surface area (Å²) in [5.41, 5.74) is 0. The number of rotatable bonds is 3. The van der Waals surface area contributed by atoms with E-state index in [1.54, 1.807) is 0 Å². The predicted octanol–water partition coefficient (Wildman–Crippen LogP) is 2.82. The lowest BCUT2D eigenvalue weighted by molar-refractivity contribution is -0.418. The molecule has 0 spiro atoms. The van der Waals surface area contributed by atoms with Crippen LogP contribution in [0.25, 0.3) is 0 Å². The fourth-order valence-electron chi connectivity index (χ4n) is 1.04. The summed E-state index contributed by atoms with van der Waals surface area (Å²) in [6, 6.07) is -5.47. The van der Waals surface area contributed by atoms with Gasteiger partial charge in [0.1, 0.15) is 0 Å². The Morgan fingerprint density at radius 2 is 1.40 bits per heavy atom. The molecule has 0 aromatic heterocycles. The zero-order chi connectivity index (χ0) is 16.2. The van der Waals surface area contributed by atoms with Gasteiger partial charge in [-0.1, -0.05) is 0 Å². The monoisotopic (exact) mass is 354 g/mol. The molecule has 13 heteroatoms. The molecule has 1 saturated heterocycles. The van der Waals surface area contributed by atoms with Crippen LogP contribution in [0.2, 0.25) is 0 Å². The lowest BCUT2D eigenvalue weighted by atomic mass is 10.1. The summed E-state index contributed by atoms with van der Waals surface area (Å²) in [5.74, 6) is -15.0. The normalized spacial score (nSPS) is 38.9. The average molecular weight is 355 g/mol. The van der Waals surface area contributed by atoms with Crippen LogP contribution >= 0.6 is 23.2 Å². The van der Waals surface area contributed by atoms with E-state index in [4.69, 9.17) is 0 Å². The summed E-state index contributed by atoms with van der Waals surface area (Å²) in [7, 11) is 0.273. The smallest absolute Gasteiger partial charge is 0.413 e. The van der Waals surface area contributed by atoms with Gasteiger partial charge in [-0.2, -0.15) is 30.7 Å². The van der Waals surface area contributed by atoms with E-state index in [9.17, 15) is 35.5 Å². The first kappa shape index (κ1) is 17.5. The maximum atomic E-state index is 13.5. The van der Waals surface area contributed by atoms with Crippen molar-refractivity contribution in [1.82, 2.24) is 0 Å². The van der Waals surface area contributed by atoms with Crippen LogP contribution in [0, 0.1) is 0 Å². The zero-order valence-electron chi connectivity index (χ0n) is 9.03. The molecule has 1 heterocycles. The van der Waals surface area contributed by atoms with E-state index in [0.29, 0.717) is 0 Å². The van der Waals surface area contributed by atoms with E-state index in [-0.39, 0.29) is 7.11 Å².